The van der Waals surface area contributed by atoms with Crippen molar-refractivity contribution in [2.45, 2.75) is 45.6 Å². The van der Waals surface area contributed by atoms with Gasteiger partial charge in [0.25, 0.3) is 5.91 Å². The second-order valence-corrected chi connectivity index (χ2v) is 5.88. The molecule has 0 aliphatic carbocycles. The highest BCUT2D eigenvalue weighted by atomic mass is 16.5. The number of ether oxygens (including phenoxy) is 1. The van der Waals surface area contributed by atoms with Crippen LogP contribution in [0.5, 0.6) is 0 Å². The van der Waals surface area contributed by atoms with E-state index in [1.165, 1.54) is 6.20 Å². The normalized spacial score (nSPS) is 10.5. The fourth-order valence-corrected chi connectivity index (χ4v) is 2.52. The van der Waals surface area contributed by atoms with E-state index in [1.807, 2.05) is 0 Å². The van der Waals surface area contributed by atoms with Crippen LogP contribution in [0.1, 0.15) is 60.2 Å². The molecule has 0 saturated carbocycles. The van der Waals surface area contributed by atoms with Crippen molar-refractivity contribution in [3.63, 3.8) is 0 Å². The van der Waals surface area contributed by atoms with Crippen LogP contribution in [0.25, 0.3) is 0 Å². The number of hydrogen-bond acceptors (Lipinski definition) is 4. The van der Waals surface area contributed by atoms with E-state index in [2.05, 4.69) is 24.1 Å². The van der Waals surface area contributed by atoms with Crippen LogP contribution in [0.3, 0.4) is 0 Å². The molecule has 0 saturated heterocycles. The lowest BCUT2D eigenvalue weighted by atomic mass is 10.1. The zero-order valence-electron chi connectivity index (χ0n) is 14.7. The van der Waals surface area contributed by atoms with Crippen LogP contribution in [0, 0.1) is 0 Å². The van der Waals surface area contributed by atoms with E-state index in [9.17, 15) is 9.59 Å². The van der Waals surface area contributed by atoms with Crippen molar-refractivity contribution in [3.05, 3.63) is 59.9 Å². The lowest BCUT2D eigenvalue weighted by Gasteiger charge is -2.16. The Kier molecular flexibility index (Phi) is 7.14. The molecule has 0 fully saturated rings. The van der Waals surface area contributed by atoms with Crippen molar-refractivity contribution >= 4 is 17.6 Å². The second kappa shape index (κ2) is 9.57. The fraction of sp³-hybridized carbons (Fsp3) is 0.350. The van der Waals surface area contributed by atoms with Gasteiger partial charge in [-0.05, 0) is 49.2 Å². The molecule has 0 aliphatic rings. The van der Waals surface area contributed by atoms with Crippen LogP contribution in [0.15, 0.2) is 48.8 Å². The summed E-state index contributed by atoms with van der Waals surface area (Å²) in [7, 11) is 0. The second-order valence-electron chi connectivity index (χ2n) is 5.88. The summed E-state index contributed by atoms with van der Waals surface area (Å²) in [6.45, 7) is 4.16. The molecule has 1 N–H and O–H groups in total. The van der Waals surface area contributed by atoms with Gasteiger partial charge in [-0.1, -0.05) is 26.7 Å². The number of carbonyl (C=O) groups excluding carboxylic acids is 2. The predicted octanol–water partition coefficient (Wildman–Crippen LogP) is 4.46. The number of aromatic nitrogens is 1. The quantitative estimate of drug-likeness (QED) is 0.720. The summed E-state index contributed by atoms with van der Waals surface area (Å²) in [5.74, 6) is -0.564. The third-order valence-electron chi connectivity index (χ3n) is 3.80. The van der Waals surface area contributed by atoms with E-state index < -0.39 is 0 Å². The lowest BCUT2D eigenvalue weighted by Crippen LogP contribution is -2.18. The number of nitrogens with one attached hydrogen (secondary N) is 1. The van der Waals surface area contributed by atoms with Crippen molar-refractivity contribution in [3.8, 4) is 0 Å². The van der Waals surface area contributed by atoms with Crippen LogP contribution in [0.4, 0.5) is 5.69 Å². The van der Waals surface area contributed by atoms with E-state index in [4.69, 9.17) is 4.74 Å². The van der Waals surface area contributed by atoms with Gasteiger partial charge in [0.15, 0.2) is 0 Å². The van der Waals surface area contributed by atoms with Crippen LogP contribution >= 0.6 is 0 Å². The van der Waals surface area contributed by atoms with Gasteiger partial charge in [-0.25, -0.2) is 4.79 Å². The van der Waals surface area contributed by atoms with E-state index in [1.54, 1.807) is 42.6 Å². The maximum Gasteiger partial charge on any atom is 0.338 e. The molecule has 132 valence electrons. The van der Waals surface area contributed by atoms with Gasteiger partial charge in [-0.3, -0.25) is 9.78 Å². The first-order valence-corrected chi connectivity index (χ1v) is 8.66. The van der Waals surface area contributed by atoms with Crippen LogP contribution in [-0.4, -0.2) is 23.0 Å². The van der Waals surface area contributed by atoms with Crippen molar-refractivity contribution < 1.29 is 14.3 Å². The number of anilines is 1. The zero-order chi connectivity index (χ0) is 18.1. The van der Waals surface area contributed by atoms with Crippen molar-refractivity contribution in [1.82, 2.24) is 4.98 Å². The molecule has 1 aromatic heterocycles. The summed E-state index contributed by atoms with van der Waals surface area (Å²) in [6.07, 6.45) is 6.79. The minimum absolute atomic E-state index is 0.0348. The first kappa shape index (κ1) is 18.6. The summed E-state index contributed by atoms with van der Waals surface area (Å²) in [5.41, 5.74) is 1.58. The summed E-state index contributed by atoms with van der Waals surface area (Å²) < 4.78 is 5.57. The average Bonchev–Trinajstić information content (AvgIpc) is 2.63. The van der Waals surface area contributed by atoms with Crippen molar-refractivity contribution in [1.29, 1.82) is 0 Å². The third kappa shape index (κ3) is 5.71. The molecule has 2 aromatic rings. The molecule has 0 atom stereocenters. The first-order valence-electron chi connectivity index (χ1n) is 8.66. The Morgan fingerprint density at radius 3 is 2.28 bits per heavy atom. The Morgan fingerprint density at radius 2 is 1.72 bits per heavy atom. The van der Waals surface area contributed by atoms with Gasteiger partial charge in [0.1, 0.15) is 6.10 Å². The van der Waals surface area contributed by atoms with Gasteiger partial charge >= 0.3 is 5.97 Å². The van der Waals surface area contributed by atoms with Crippen LogP contribution < -0.4 is 5.32 Å². The number of esters is 1. The molecule has 0 bridgehead atoms. The van der Waals surface area contributed by atoms with E-state index in [0.29, 0.717) is 16.8 Å². The Labute approximate surface area is 148 Å². The molecule has 0 unspecified atom stereocenters. The number of carbonyl (C=O) groups is 2. The standard InChI is InChI=1S/C20H24N2O3/c1-3-6-18(7-4-2)25-20(24)15-9-11-17(12-10-15)22-19(23)16-8-5-13-21-14-16/h5,8-14,18H,3-4,6-7H2,1-2H3,(H,22,23). The zero-order valence-corrected chi connectivity index (χ0v) is 14.7. The number of benzene rings is 1. The summed E-state index contributed by atoms with van der Waals surface area (Å²) >= 11 is 0. The van der Waals surface area contributed by atoms with E-state index in [-0.39, 0.29) is 18.0 Å². The molecule has 0 radical (unpaired) electrons. The molecule has 1 amide bonds. The average molecular weight is 340 g/mol. The molecule has 1 heterocycles. The van der Waals surface area contributed by atoms with E-state index >= 15 is 0 Å². The largest absolute Gasteiger partial charge is 0.459 e. The van der Waals surface area contributed by atoms with Gasteiger partial charge in [-0.15, -0.1) is 0 Å². The van der Waals surface area contributed by atoms with Crippen LogP contribution in [0.2, 0.25) is 0 Å². The minimum atomic E-state index is -0.322. The topological polar surface area (TPSA) is 68.3 Å². The lowest BCUT2D eigenvalue weighted by molar-refractivity contribution is 0.0258. The smallest absolute Gasteiger partial charge is 0.338 e. The molecule has 5 nitrogen and oxygen atoms in total. The minimum Gasteiger partial charge on any atom is -0.459 e. The van der Waals surface area contributed by atoms with Gasteiger partial charge in [0.2, 0.25) is 0 Å². The first-order chi connectivity index (χ1) is 12.1. The molecule has 0 aliphatic heterocycles. The Morgan fingerprint density at radius 1 is 1.04 bits per heavy atom. The SMILES string of the molecule is CCCC(CCC)OC(=O)c1ccc(NC(=O)c2cccnc2)cc1. The number of nitrogens with zero attached hydrogens (tertiary/aromatic N) is 1. The Hall–Kier alpha value is -2.69. The maximum absolute atomic E-state index is 12.2. The molecule has 1 aromatic carbocycles. The summed E-state index contributed by atoms with van der Waals surface area (Å²) in [4.78, 5) is 28.2. The molecular formula is C20H24N2O3. The Bertz CT molecular complexity index is 678. The molecule has 5 heteroatoms. The molecule has 2 rings (SSSR count). The highest BCUT2D eigenvalue weighted by Crippen LogP contribution is 2.15. The Balaban J connectivity index is 1.96. The number of hydrogen-bond donors (Lipinski definition) is 1. The maximum atomic E-state index is 12.2. The number of pyridine rings is 1. The number of amides is 1. The summed E-state index contributed by atoms with van der Waals surface area (Å²) in [6, 6.07) is 10.1. The fourth-order valence-electron chi connectivity index (χ4n) is 2.52. The highest BCUT2D eigenvalue weighted by Gasteiger charge is 2.15. The third-order valence-corrected chi connectivity index (χ3v) is 3.80. The molecular weight excluding hydrogens is 316 g/mol. The van der Waals surface area contributed by atoms with Gasteiger partial charge in [0.05, 0.1) is 11.1 Å². The molecule has 25 heavy (non-hydrogen) atoms. The van der Waals surface area contributed by atoms with E-state index in [0.717, 1.165) is 25.7 Å². The number of rotatable bonds is 8. The molecule has 0 spiro atoms. The predicted molar refractivity (Wildman–Crippen MR) is 97.7 cm³/mol. The van der Waals surface area contributed by atoms with Crippen molar-refractivity contribution in [2.24, 2.45) is 0 Å². The van der Waals surface area contributed by atoms with Gasteiger partial charge in [0, 0.05) is 18.1 Å². The van der Waals surface area contributed by atoms with Gasteiger partial charge < -0.3 is 10.1 Å². The van der Waals surface area contributed by atoms with Gasteiger partial charge in [-0.2, -0.15) is 0 Å². The van der Waals surface area contributed by atoms with Crippen molar-refractivity contribution in [2.75, 3.05) is 5.32 Å². The highest BCUT2D eigenvalue weighted by molar-refractivity contribution is 6.04. The summed E-state index contributed by atoms with van der Waals surface area (Å²) in [5, 5.41) is 2.77. The van der Waals surface area contributed by atoms with Crippen LogP contribution in [-0.2, 0) is 4.74 Å². The monoisotopic (exact) mass is 340 g/mol.